The fourth-order valence-electron chi connectivity index (χ4n) is 7.24. The molecule has 3 atom stereocenters. The Kier molecular flexibility index (Phi) is 10.2. The van der Waals surface area contributed by atoms with Crippen LogP contribution in [-0.4, -0.2) is 55.1 Å². The molecule has 2 aliphatic rings. The molecular weight excluding hydrogens is 845 g/mol. The highest BCUT2D eigenvalue weighted by atomic mass is 35.5. The van der Waals surface area contributed by atoms with E-state index in [1.165, 1.54) is 49.9 Å². The van der Waals surface area contributed by atoms with Crippen molar-refractivity contribution in [2.75, 3.05) is 4.72 Å². The maximum atomic E-state index is 15.4. The van der Waals surface area contributed by atoms with Gasteiger partial charge >= 0.3 is 15.5 Å². The molecule has 22 heteroatoms. The summed E-state index contributed by atoms with van der Waals surface area (Å²) in [6.45, 7) is 1.72. The summed E-state index contributed by atoms with van der Waals surface area (Å²) in [6, 6.07) is 6.28. The van der Waals surface area contributed by atoms with E-state index >= 15 is 8.78 Å². The molecule has 59 heavy (non-hydrogen) atoms. The number of benzene rings is 2. The van der Waals surface area contributed by atoms with Crippen molar-refractivity contribution in [3.05, 3.63) is 93.0 Å². The Balaban J connectivity index is 1.39. The molecule has 1 unspecified atom stereocenters. The average molecular weight is 874 g/mol. The number of fused-ring (bicyclic) bond motifs is 4. The molecule has 11 nitrogen and oxygen atoms in total. The van der Waals surface area contributed by atoms with Gasteiger partial charge in [0.05, 0.1) is 27.7 Å². The highest BCUT2D eigenvalue weighted by Gasteiger charge is 2.67. The first kappa shape index (κ1) is 41.8. The Morgan fingerprint density at radius 3 is 2.34 bits per heavy atom. The summed E-state index contributed by atoms with van der Waals surface area (Å²) in [4.78, 5) is 18.5. The molecule has 1 saturated carbocycles. The maximum absolute atomic E-state index is 15.4. The highest BCUT2D eigenvalue weighted by molar-refractivity contribution is 7.93. The van der Waals surface area contributed by atoms with Gasteiger partial charge in [0.1, 0.15) is 40.9 Å². The lowest BCUT2D eigenvalue weighted by Crippen LogP contribution is -2.35. The van der Waals surface area contributed by atoms with Crippen LogP contribution in [0.25, 0.3) is 22.0 Å². The average Bonchev–Trinajstić information content (AvgIpc) is 3.65. The van der Waals surface area contributed by atoms with Crippen LogP contribution in [0.1, 0.15) is 72.6 Å². The molecule has 1 fully saturated rings. The zero-order valence-corrected chi connectivity index (χ0v) is 32.1. The molecule has 5 aromatic rings. The van der Waals surface area contributed by atoms with E-state index in [1.807, 2.05) is 0 Å². The van der Waals surface area contributed by atoms with Crippen LogP contribution in [-0.2, 0) is 40.8 Å². The third-order valence-corrected chi connectivity index (χ3v) is 11.1. The molecule has 3 N–H and O–H groups in total. The number of nitrogens with one attached hydrogen (secondary N) is 2. The van der Waals surface area contributed by atoms with Crippen molar-refractivity contribution in [3.8, 4) is 23.0 Å². The van der Waals surface area contributed by atoms with Gasteiger partial charge in [-0.25, -0.2) is 22.5 Å². The standard InChI is InChI=1S/C37H29ClF9N7O4S/c1-35(2,56)9-8-19-4-5-20(21-6-7-24(38)28-31(21)53(3)51-34(28)52-59(57,58)37(45,46)47)29(48-19)25(12-16-10-17(39)13-18(40)11-16)49-26(55)15-54-32-27(30(50-54)33(41)42)22-14-23(22)36(32,43)44/h4-7,10-11,13,22-23,25,33,56H,12,14-15H2,1-3H3,(H,49,55)(H,51,52)/t22-,23+,25?/m0/s1. The summed E-state index contributed by atoms with van der Waals surface area (Å²) in [5, 5.41) is 19.9. The van der Waals surface area contributed by atoms with Crippen LogP contribution < -0.4 is 10.0 Å². The second-order valence-electron chi connectivity index (χ2n) is 14.6. The van der Waals surface area contributed by atoms with Crippen LogP contribution in [0.2, 0.25) is 5.02 Å². The van der Waals surface area contributed by atoms with Crippen molar-refractivity contribution >= 4 is 44.3 Å². The number of rotatable bonds is 10. The smallest absolute Gasteiger partial charge is 0.378 e. The minimum absolute atomic E-state index is 0.0324. The number of pyridine rings is 1. The van der Waals surface area contributed by atoms with Gasteiger partial charge in [0.2, 0.25) is 5.91 Å². The minimum atomic E-state index is -6.00. The minimum Gasteiger partial charge on any atom is -0.378 e. The summed E-state index contributed by atoms with van der Waals surface area (Å²) in [7, 11) is -4.74. The molecule has 1 amide bonds. The number of hydrogen-bond donors (Lipinski definition) is 3. The number of aryl methyl sites for hydroxylation is 1. The highest BCUT2D eigenvalue weighted by Crippen LogP contribution is 2.68. The lowest BCUT2D eigenvalue weighted by Gasteiger charge is -2.23. The van der Waals surface area contributed by atoms with E-state index < -0.39 is 99.1 Å². The molecular formula is C37H29ClF9N7O4S. The number of aromatic nitrogens is 5. The number of halogens is 10. The predicted molar refractivity (Wildman–Crippen MR) is 194 cm³/mol. The molecule has 3 aromatic heterocycles. The molecule has 0 bridgehead atoms. The number of amides is 1. The first-order valence-corrected chi connectivity index (χ1v) is 19.2. The van der Waals surface area contributed by atoms with E-state index in [-0.39, 0.29) is 56.0 Å². The number of alkyl halides is 7. The SMILES string of the molecule is Cn1nc(NS(=O)(=O)C(F)(F)F)c2c(Cl)ccc(-c3ccc(C#CC(C)(C)O)nc3C(Cc3cc(F)cc(F)c3)NC(=O)Cn3nc(C(F)F)c4c3C(F)(F)[C@@H]3C[C@H]43)c21. The Hall–Kier alpha value is -5.33. The molecule has 2 aromatic carbocycles. The van der Waals surface area contributed by atoms with E-state index in [0.717, 1.165) is 16.8 Å². The number of aliphatic hydroxyl groups is 1. The molecule has 7 rings (SSSR count). The molecule has 0 spiro atoms. The summed E-state index contributed by atoms with van der Waals surface area (Å²) >= 11 is 6.40. The van der Waals surface area contributed by atoms with Gasteiger partial charge < -0.3 is 10.4 Å². The van der Waals surface area contributed by atoms with Crippen molar-refractivity contribution < 1.29 is 57.8 Å². The molecule has 3 heterocycles. The van der Waals surface area contributed by atoms with Crippen molar-refractivity contribution in [1.82, 2.24) is 29.9 Å². The zero-order chi connectivity index (χ0) is 43.1. The van der Waals surface area contributed by atoms with E-state index in [9.17, 15) is 49.1 Å². The largest absolute Gasteiger partial charge is 0.516 e. The number of carbonyl (C=O) groups excluding carboxylic acids is 1. The van der Waals surface area contributed by atoms with Crippen molar-refractivity contribution in [2.24, 2.45) is 13.0 Å². The third kappa shape index (κ3) is 7.92. The first-order chi connectivity index (χ1) is 27.4. The van der Waals surface area contributed by atoms with Gasteiger partial charge in [-0.3, -0.25) is 18.9 Å². The van der Waals surface area contributed by atoms with Gasteiger partial charge in [-0.2, -0.15) is 40.6 Å². The molecule has 312 valence electrons. The normalized spacial score (nSPS) is 17.7. The Morgan fingerprint density at radius 2 is 1.71 bits per heavy atom. The van der Waals surface area contributed by atoms with Crippen molar-refractivity contribution in [3.63, 3.8) is 0 Å². The van der Waals surface area contributed by atoms with Crippen LogP contribution in [0, 0.1) is 29.4 Å². The Morgan fingerprint density at radius 1 is 1.05 bits per heavy atom. The molecule has 0 aliphatic heterocycles. The van der Waals surface area contributed by atoms with Gasteiger partial charge in [0, 0.05) is 35.7 Å². The lowest BCUT2D eigenvalue weighted by molar-refractivity contribution is -0.123. The number of carbonyl (C=O) groups is 1. The topological polar surface area (TPSA) is 144 Å². The maximum Gasteiger partial charge on any atom is 0.516 e. The molecule has 0 saturated heterocycles. The van der Waals surface area contributed by atoms with Crippen LogP contribution >= 0.6 is 11.6 Å². The fraction of sp³-hybridized carbons (Fsp3) is 0.351. The monoisotopic (exact) mass is 873 g/mol. The summed E-state index contributed by atoms with van der Waals surface area (Å²) in [5.74, 6) is -4.36. The zero-order valence-electron chi connectivity index (χ0n) is 30.6. The van der Waals surface area contributed by atoms with Gasteiger partial charge in [-0.1, -0.05) is 23.6 Å². The molecule has 0 radical (unpaired) electrons. The van der Waals surface area contributed by atoms with E-state index in [1.54, 1.807) is 0 Å². The lowest BCUT2D eigenvalue weighted by atomic mass is 9.93. The quantitative estimate of drug-likeness (QED) is 0.0981. The summed E-state index contributed by atoms with van der Waals surface area (Å²) in [5.41, 5.74) is -9.54. The number of anilines is 1. The van der Waals surface area contributed by atoms with Crippen LogP contribution in [0.3, 0.4) is 0 Å². The van der Waals surface area contributed by atoms with Crippen LogP contribution in [0.4, 0.5) is 45.3 Å². The van der Waals surface area contributed by atoms with Crippen LogP contribution in [0.15, 0.2) is 42.5 Å². The van der Waals surface area contributed by atoms with Gasteiger partial charge in [0.15, 0.2) is 5.82 Å². The van der Waals surface area contributed by atoms with Gasteiger partial charge in [-0.15, -0.1) is 0 Å². The first-order valence-electron chi connectivity index (χ1n) is 17.4. The Labute approximate surface area is 333 Å². The Bertz CT molecular complexity index is 2700. The van der Waals surface area contributed by atoms with Crippen LogP contribution in [0.5, 0.6) is 0 Å². The van der Waals surface area contributed by atoms with E-state index in [2.05, 4.69) is 32.3 Å². The van der Waals surface area contributed by atoms with Gasteiger partial charge in [-0.05, 0) is 74.4 Å². The van der Waals surface area contributed by atoms with Gasteiger partial charge in [0.25, 0.3) is 12.3 Å². The van der Waals surface area contributed by atoms with E-state index in [0.29, 0.717) is 10.7 Å². The summed E-state index contributed by atoms with van der Waals surface area (Å²) in [6.07, 6.45) is -3.73. The third-order valence-electron chi connectivity index (χ3n) is 9.67. The molecule has 2 aliphatic carbocycles. The van der Waals surface area contributed by atoms with Crippen molar-refractivity contribution in [2.45, 2.75) is 68.7 Å². The van der Waals surface area contributed by atoms with E-state index in [4.69, 9.17) is 11.6 Å². The number of sulfonamides is 1. The van der Waals surface area contributed by atoms with Crippen molar-refractivity contribution in [1.29, 1.82) is 0 Å². The fourth-order valence-corrected chi connectivity index (χ4v) is 8.00. The number of hydrogen-bond acceptors (Lipinski definition) is 7. The second-order valence-corrected chi connectivity index (χ2v) is 16.6. The predicted octanol–water partition coefficient (Wildman–Crippen LogP) is 7.39. The second kappa shape index (κ2) is 14.4. The number of nitrogens with zero attached hydrogens (tertiary/aromatic N) is 5. The summed E-state index contributed by atoms with van der Waals surface area (Å²) < 4.78 is 155.